The van der Waals surface area contributed by atoms with Crippen molar-refractivity contribution in [3.63, 3.8) is 0 Å². The highest BCUT2D eigenvalue weighted by Crippen LogP contribution is 2.36. The quantitative estimate of drug-likeness (QED) is 0.856. The second-order valence-corrected chi connectivity index (χ2v) is 8.40. The third-order valence-corrected chi connectivity index (χ3v) is 7.12. The van der Waals surface area contributed by atoms with E-state index in [-0.39, 0.29) is 6.04 Å². The van der Waals surface area contributed by atoms with Gasteiger partial charge in [0.15, 0.2) is 0 Å². The van der Waals surface area contributed by atoms with Gasteiger partial charge in [0.1, 0.15) is 0 Å². The summed E-state index contributed by atoms with van der Waals surface area (Å²) in [6.07, 6.45) is 9.32. The molecule has 0 spiro atoms. The van der Waals surface area contributed by atoms with Crippen LogP contribution in [0.25, 0.3) is 0 Å². The van der Waals surface area contributed by atoms with E-state index < -0.39 is 10.0 Å². The molecular weight excluding hydrogens is 260 g/mol. The summed E-state index contributed by atoms with van der Waals surface area (Å²) in [6, 6.07) is 0.503. The fourth-order valence-corrected chi connectivity index (χ4v) is 6.26. The van der Waals surface area contributed by atoms with Gasteiger partial charge in [-0.25, -0.2) is 8.42 Å². The molecule has 1 aliphatic carbocycles. The summed E-state index contributed by atoms with van der Waals surface area (Å²) in [4.78, 5) is 0. The Morgan fingerprint density at radius 3 is 2.47 bits per heavy atom. The molecule has 0 amide bonds. The normalized spacial score (nSPS) is 34.3. The summed E-state index contributed by atoms with van der Waals surface area (Å²) in [7, 11) is -3.06. The smallest absolute Gasteiger partial charge is 0.215 e. The lowest BCUT2D eigenvalue weighted by Gasteiger charge is -2.29. The third kappa shape index (κ3) is 2.98. The van der Waals surface area contributed by atoms with E-state index in [9.17, 15) is 8.42 Å². The van der Waals surface area contributed by atoms with Gasteiger partial charge in [-0.15, -0.1) is 0 Å². The Kier molecular flexibility index (Phi) is 4.15. The maximum atomic E-state index is 12.6. The predicted octanol–water partition coefficient (Wildman–Crippen LogP) is 1.72. The minimum Gasteiger partial charge on any atom is -0.313 e. The van der Waals surface area contributed by atoms with Gasteiger partial charge in [0.25, 0.3) is 0 Å². The van der Waals surface area contributed by atoms with Crippen LogP contribution in [-0.2, 0) is 10.0 Å². The predicted molar refractivity (Wildman–Crippen MR) is 76.5 cm³/mol. The van der Waals surface area contributed by atoms with Crippen molar-refractivity contribution in [3.05, 3.63) is 0 Å². The van der Waals surface area contributed by atoms with E-state index in [0.717, 1.165) is 38.8 Å². The average Bonchev–Trinajstić information content (AvgIpc) is 3.11. The number of rotatable bonds is 4. The fourth-order valence-electron chi connectivity index (χ4n) is 4.17. The summed E-state index contributed by atoms with van der Waals surface area (Å²) in [5, 5.41) is 3.31. The molecule has 3 rings (SSSR count). The van der Waals surface area contributed by atoms with Crippen LogP contribution in [0.5, 0.6) is 0 Å². The van der Waals surface area contributed by atoms with Crippen LogP contribution in [0.2, 0.25) is 0 Å². The van der Waals surface area contributed by atoms with Crippen molar-refractivity contribution in [2.75, 3.05) is 18.8 Å². The minimum absolute atomic E-state index is 0.190. The van der Waals surface area contributed by atoms with Gasteiger partial charge in [-0.2, -0.15) is 4.31 Å². The SMILES string of the molecule is O=S(=O)(CC1CCCN1)N1CCCC1C1CCCC1. The van der Waals surface area contributed by atoms with Crippen LogP contribution in [0, 0.1) is 5.92 Å². The Labute approximate surface area is 117 Å². The fraction of sp³-hybridized carbons (Fsp3) is 1.00. The molecule has 2 unspecified atom stereocenters. The van der Waals surface area contributed by atoms with Gasteiger partial charge in [-0.1, -0.05) is 12.8 Å². The summed E-state index contributed by atoms with van der Waals surface area (Å²) in [5.41, 5.74) is 0. The zero-order chi connectivity index (χ0) is 13.3. The zero-order valence-corrected chi connectivity index (χ0v) is 12.5. The van der Waals surface area contributed by atoms with Gasteiger partial charge in [-0.3, -0.25) is 0 Å². The molecule has 0 radical (unpaired) electrons. The van der Waals surface area contributed by atoms with Crippen LogP contribution in [0.4, 0.5) is 0 Å². The summed E-state index contributed by atoms with van der Waals surface area (Å²) >= 11 is 0. The van der Waals surface area contributed by atoms with Crippen molar-refractivity contribution in [2.24, 2.45) is 5.92 Å². The molecule has 2 atom stereocenters. The largest absolute Gasteiger partial charge is 0.313 e. The second kappa shape index (κ2) is 5.70. The lowest BCUT2D eigenvalue weighted by Crippen LogP contribution is -2.44. The van der Waals surface area contributed by atoms with E-state index in [2.05, 4.69) is 5.32 Å². The standard InChI is InChI=1S/C14H26N2O2S/c17-19(18,11-13-7-3-9-15-13)16-10-4-8-14(16)12-5-1-2-6-12/h12-15H,1-11H2. The molecule has 2 heterocycles. The Balaban J connectivity index is 1.67. The Hall–Kier alpha value is -0.130. The molecule has 2 saturated heterocycles. The van der Waals surface area contributed by atoms with Crippen LogP contribution in [0.3, 0.4) is 0 Å². The Morgan fingerprint density at radius 1 is 1.00 bits per heavy atom. The highest BCUT2D eigenvalue weighted by Gasteiger charge is 2.40. The molecule has 1 saturated carbocycles. The summed E-state index contributed by atoms with van der Waals surface area (Å²) in [6.45, 7) is 1.74. The van der Waals surface area contributed by atoms with Crippen molar-refractivity contribution in [3.8, 4) is 0 Å². The van der Waals surface area contributed by atoms with Gasteiger partial charge in [-0.05, 0) is 51.0 Å². The monoisotopic (exact) mass is 286 g/mol. The molecule has 19 heavy (non-hydrogen) atoms. The molecule has 0 aromatic rings. The molecular formula is C14H26N2O2S. The van der Waals surface area contributed by atoms with E-state index in [4.69, 9.17) is 0 Å². The number of hydrogen-bond donors (Lipinski definition) is 1. The number of sulfonamides is 1. The Bertz CT molecular complexity index is 398. The van der Waals surface area contributed by atoms with Crippen molar-refractivity contribution >= 4 is 10.0 Å². The topological polar surface area (TPSA) is 49.4 Å². The second-order valence-electron chi connectivity index (χ2n) is 6.44. The first-order valence-corrected chi connectivity index (χ1v) is 9.50. The van der Waals surface area contributed by atoms with Crippen molar-refractivity contribution < 1.29 is 8.42 Å². The zero-order valence-electron chi connectivity index (χ0n) is 11.7. The molecule has 3 fully saturated rings. The van der Waals surface area contributed by atoms with E-state index in [1.165, 1.54) is 25.7 Å². The van der Waals surface area contributed by atoms with Crippen molar-refractivity contribution in [1.29, 1.82) is 0 Å². The maximum absolute atomic E-state index is 12.6. The van der Waals surface area contributed by atoms with Crippen LogP contribution in [-0.4, -0.2) is 43.6 Å². The maximum Gasteiger partial charge on any atom is 0.215 e. The van der Waals surface area contributed by atoms with Gasteiger partial charge in [0.2, 0.25) is 10.0 Å². The Morgan fingerprint density at radius 2 is 1.79 bits per heavy atom. The van der Waals surface area contributed by atoms with E-state index in [1.807, 2.05) is 4.31 Å². The van der Waals surface area contributed by atoms with E-state index in [1.54, 1.807) is 0 Å². The molecule has 5 heteroatoms. The first-order valence-electron chi connectivity index (χ1n) is 7.90. The van der Waals surface area contributed by atoms with Crippen molar-refractivity contribution in [1.82, 2.24) is 9.62 Å². The van der Waals surface area contributed by atoms with Gasteiger partial charge in [0, 0.05) is 18.6 Å². The van der Waals surface area contributed by atoms with Gasteiger partial charge in [0.05, 0.1) is 5.75 Å². The van der Waals surface area contributed by atoms with Crippen molar-refractivity contribution in [2.45, 2.75) is 63.5 Å². The number of hydrogen-bond acceptors (Lipinski definition) is 3. The molecule has 0 aromatic carbocycles. The van der Waals surface area contributed by atoms with Crippen LogP contribution in [0.1, 0.15) is 51.4 Å². The van der Waals surface area contributed by atoms with Gasteiger partial charge < -0.3 is 5.32 Å². The van der Waals surface area contributed by atoms with Crippen LogP contribution < -0.4 is 5.32 Å². The highest BCUT2D eigenvalue weighted by molar-refractivity contribution is 7.89. The summed E-state index contributed by atoms with van der Waals surface area (Å²) in [5.74, 6) is 0.949. The molecule has 1 N–H and O–H groups in total. The molecule has 110 valence electrons. The van der Waals surface area contributed by atoms with Crippen LogP contribution >= 0.6 is 0 Å². The first-order chi connectivity index (χ1) is 9.17. The lowest BCUT2D eigenvalue weighted by molar-refractivity contribution is 0.287. The van der Waals surface area contributed by atoms with Gasteiger partial charge >= 0.3 is 0 Å². The van der Waals surface area contributed by atoms with E-state index >= 15 is 0 Å². The number of nitrogens with zero attached hydrogens (tertiary/aromatic N) is 1. The van der Waals surface area contributed by atoms with Crippen LogP contribution in [0.15, 0.2) is 0 Å². The molecule has 0 bridgehead atoms. The highest BCUT2D eigenvalue weighted by atomic mass is 32.2. The van der Waals surface area contributed by atoms with E-state index in [0.29, 0.717) is 17.7 Å². The molecule has 3 aliphatic rings. The third-order valence-electron chi connectivity index (χ3n) is 5.12. The average molecular weight is 286 g/mol. The molecule has 4 nitrogen and oxygen atoms in total. The first kappa shape index (κ1) is 13.8. The molecule has 0 aromatic heterocycles. The molecule has 2 aliphatic heterocycles. The number of nitrogens with one attached hydrogen (secondary N) is 1. The minimum atomic E-state index is -3.06. The summed E-state index contributed by atoms with van der Waals surface area (Å²) < 4.78 is 27.1. The lowest BCUT2D eigenvalue weighted by atomic mass is 9.97.